The minimum atomic E-state index is -2.80. The Kier molecular flexibility index (Phi) is 1.14. The van der Waals surface area contributed by atoms with Crippen molar-refractivity contribution in [2.75, 3.05) is 13.8 Å². The highest BCUT2D eigenvalue weighted by atomic mass is 16.7. The van der Waals surface area contributed by atoms with Gasteiger partial charge in [-0.25, -0.2) is 0 Å². The van der Waals surface area contributed by atoms with E-state index < -0.39 is 19.9 Å². The zero-order chi connectivity index (χ0) is 15.8. The van der Waals surface area contributed by atoms with Gasteiger partial charge in [-0.3, -0.25) is 0 Å². The van der Waals surface area contributed by atoms with Gasteiger partial charge in [0.15, 0.2) is 11.5 Å². The molecule has 1 aromatic rings. The van der Waals surface area contributed by atoms with E-state index >= 15 is 0 Å². The highest BCUT2D eigenvalue weighted by Crippen LogP contribution is 2.32. The molecule has 3 nitrogen and oxygen atoms in total. The van der Waals surface area contributed by atoms with Crippen LogP contribution in [-0.4, -0.2) is 19.8 Å². The van der Waals surface area contributed by atoms with Gasteiger partial charge in [0.25, 0.3) is 0 Å². The third-order valence-electron chi connectivity index (χ3n) is 2.02. The van der Waals surface area contributed by atoms with Crippen LogP contribution < -0.4 is 14.8 Å². The van der Waals surface area contributed by atoms with Crippen LogP contribution in [0.15, 0.2) is 18.2 Å². The van der Waals surface area contributed by atoms with E-state index in [1.807, 2.05) is 0 Å². The van der Waals surface area contributed by atoms with E-state index in [0.717, 1.165) is 0 Å². The Morgan fingerprint density at radius 1 is 1.57 bits per heavy atom. The molecule has 0 radical (unpaired) electrons. The molecule has 0 fully saturated rings. The van der Waals surface area contributed by atoms with E-state index in [4.69, 9.17) is 19.1 Å². The second-order valence-electron chi connectivity index (χ2n) is 3.04. The smallest absolute Gasteiger partial charge is 0.231 e. The van der Waals surface area contributed by atoms with Crippen molar-refractivity contribution < 1.29 is 19.1 Å². The van der Waals surface area contributed by atoms with Gasteiger partial charge in [0, 0.05) is 14.3 Å². The standard InChI is InChI=1S/C11H15NO2/c1-8(12-2)5-9-3-4-10-11(6-9)14-7-13-10/h3-4,6,8,12H,5,7H2,1-2H3/i1D3,2D3/hD. The van der Waals surface area contributed by atoms with Gasteiger partial charge in [0.2, 0.25) is 6.79 Å². The summed E-state index contributed by atoms with van der Waals surface area (Å²) in [5, 5.41) is 0.171. The summed E-state index contributed by atoms with van der Waals surface area (Å²) in [6.07, 6.45) is -0.102. The Bertz CT molecular complexity index is 514. The van der Waals surface area contributed by atoms with Crippen molar-refractivity contribution in [2.24, 2.45) is 0 Å². The number of hydrogen-bond donors (Lipinski definition) is 1. The second kappa shape index (κ2) is 3.88. The van der Waals surface area contributed by atoms with Crippen LogP contribution in [0.5, 0.6) is 11.5 Å². The molecule has 0 saturated heterocycles. The van der Waals surface area contributed by atoms with E-state index in [2.05, 4.69) is 0 Å². The lowest BCUT2D eigenvalue weighted by Gasteiger charge is -2.09. The van der Waals surface area contributed by atoms with Crippen LogP contribution in [-0.2, 0) is 6.42 Å². The number of benzene rings is 1. The molecule has 2 rings (SSSR count). The van der Waals surface area contributed by atoms with Crippen molar-refractivity contribution >= 4 is 0 Å². The number of hydrogen-bond acceptors (Lipinski definition) is 3. The zero-order valence-corrected chi connectivity index (χ0v) is 7.49. The fraction of sp³-hybridized carbons (Fsp3) is 0.455. The first-order chi connectivity index (χ1) is 9.59. The van der Waals surface area contributed by atoms with Crippen LogP contribution in [0.3, 0.4) is 0 Å². The highest BCUT2D eigenvalue weighted by molar-refractivity contribution is 5.44. The Morgan fingerprint density at radius 2 is 2.50 bits per heavy atom. The molecular formula is C11H15NO2. The Hall–Kier alpha value is -1.22. The third-order valence-corrected chi connectivity index (χ3v) is 2.02. The summed E-state index contributed by atoms with van der Waals surface area (Å²) in [5.74, 6) is 1.05. The maximum Gasteiger partial charge on any atom is 0.231 e. The maximum atomic E-state index is 7.59. The van der Waals surface area contributed by atoms with Gasteiger partial charge in [-0.2, -0.15) is 0 Å². The summed E-state index contributed by atoms with van der Waals surface area (Å²) in [4.78, 5) is 0. The molecule has 76 valence electrons. The molecule has 1 atom stereocenters. The molecule has 1 aliphatic rings. The third kappa shape index (κ3) is 1.82. The molecule has 14 heavy (non-hydrogen) atoms. The number of likely N-dealkylation sites (N-methyl/N-ethyl adjacent to an activating group) is 1. The van der Waals surface area contributed by atoms with E-state index in [9.17, 15) is 0 Å². The highest BCUT2D eigenvalue weighted by Gasteiger charge is 2.13. The fourth-order valence-electron chi connectivity index (χ4n) is 1.34. The second-order valence-corrected chi connectivity index (χ2v) is 3.04. The first-order valence-corrected chi connectivity index (χ1v) is 4.26. The molecule has 0 aliphatic carbocycles. The van der Waals surface area contributed by atoms with Crippen LogP contribution in [0, 0.1) is 0 Å². The minimum absolute atomic E-state index is 0.0985. The summed E-state index contributed by atoms with van der Waals surface area (Å²) in [7, 11) is 0. The average molecular weight is 200 g/mol. The summed E-state index contributed by atoms with van der Waals surface area (Å²) in [5.41, 5.74) is 0.571. The average Bonchev–Trinajstić information content (AvgIpc) is 2.79. The molecule has 0 bridgehead atoms. The molecule has 3 heteroatoms. The molecule has 0 aromatic heterocycles. The molecule has 0 spiro atoms. The topological polar surface area (TPSA) is 30.5 Å². The van der Waals surface area contributed by atoms with Crippen molar-refractivity contribution in [1.82, 2.24) is 5.31 Å². The van der Waals surface area contributed by atoms with Crippen LogP contribution in [0.1, 0.15) is 20.6 Å². The number of ether oxygens (including phenoxy) is 2. The van der Waals surface area contributed by atoms with Crippen molar-refractivity contribution in [2.45, 2.75) is 19.3 Å². The summed E-state index contributed by atoms with van der Waals surface area (Å²) in [6.45, 7) is -5.29. The first-order valence-electron chi connectivity index (χ1n) is 7.70. The van der Waals surface area contributed by atoms with Gasteiger partial charge >= 0.3 is 0 Å². The summed E-state index contributed by atoms with van der Waals surface area (Å²) in [6, 6.07) is 3.44. The summed E-state index contributed by atoms with van der Waals surface area (Å²) >= 11 is 0. The van der Waals surface area contributed by atoms with Crippen LogP contribution >= 0.6 is 0 Å². The number of nitrogens with one attached hydrogen (secondary N) is 1. The molecular weight excluding hydrogens is 178 g/mol. The predicted octanol–water partition coefficient (Wildman–Crippen LogP) is 1.57. The van der Waals surface area contributed by atoms with Crippen molar-refractivity contribution in [3.63, 3.8) is 0 Å². The van der Waals surface area contributed by atoms with Gasteiger partial charge in [-0.15, -0.1) is 0 Å². The van der Waals surface area contributed by atoms with Crippen LogP contribution in [0.25, 0.3) is 0 Å². The molecule has 1 unspecified atom stereocenters. The Labute approximate surface area is 93.9 Å². The number of fused-ring (bicyclic) bond motifs is 1. The van der Waals surface area contributed by atoms with Crippen LogP contribution in [0.2, 0.25) is 1.41 Å². The van der Waals surface area contributed by atoms with Gasteiger partial charge in [-0.05, 0) is 37.9 Å². The Morgan fingerprint density at radius 3 is 3.36 bits per heavy atom. The molecule has 0 saturated carbocycles. The van der Waals surface area contributed by atoms with E-state index in [-0.39, 0.29) is 18.5 Å². The lowest BCUT2D eigenvalue weighted by molar-refractivity contribution is 0.174. The van der Waals surface area contributed by atoms with Crippen LogP contribution in [0.4, 0.5) is 0 Å². The Balaban J connectivity index is 2.23. The lowest BCUT2D eigenvalue weighted by Crippen LogP contribution is -2.23. The normalized spacial score (nSPS) is 25.1. The minimum Gasteiger partial charge on any atom is -0.454 e. The van der Waals surface area contributed by atoms with E-state index in [1.54, 1.807) is 18.2 Å². The molecule has 1 aromatic carbocycles. The van der Waals surface area contributed by atoms with Crippen molar-refractivity contribution in [3.05, 3.63) is 23.8 Å². The first kappa shape index (κ1) is 4.11. The monoisotopic (exact) mass is 200 g/mol. The maximum absolute atomic E-state index is 7.59. The van der Waals surface area contributed by atoms with Gasteiger partial charge < -0.3 is 14.8 Å². The zero-order valence-electron chi connectivity index (χ0n) is 14.5. The van der Waals surface area contributed by atoms with Gasteiger partial charge in [0.05, 0.1) is 0 Å². The summed E-state index contributed by atoms with van der Waals surface area (Å²) < 4.78 is 62.0. The van der Waals surface area contributed by atoms with E-state index in [0.29, 0.717) is 17.1 Å². The molecule has 0 amide bonds. The lowest BCUT2D eigenvalue weighted by atomic mass is 10.1. The van der Waals surface area contributed by atoms with E-state index in [1.165, 1.54) is 0 Å². The SMILES string of the molecule is [2H]N(C(Cc1ccc2c(c1)OCO2)C([2H])([2H])[2H])C([2H])([2H])[2H]. The molecule has 1 N–H and O–H groups in total. The largest absolute Gasteiger partial charge is 0.454 e. The number of rotatable bonds is 3. The van der Waals surface area contributed by atoms with Crippen molar-refractivity contribution in [3.8, 4) is 11.5 Å². The predicted molar refractivity (Wildman–Crippen MR) is 54.8 cm³/mol. The quantitative estimate of drug-likeness (QED) is 0.803. The van der Waals surface area contributed by atoms with Gasteiger partial charge in [0.1, 0.15) is 1.41 Å². The molecule has 1 aliphatic heterocycles. The van der Waals surface area contributed by atoms with Gasteiger partial charge in [-0.1, -0.05) is 6.07 Å². The van der Waals surface area contributed by atoms with Crippen molar-refractivity contribution in [1.29, 1.82) is 0 Å². The molecule has 1 heterocycles. The fourth-order valence-corrected chi connectivity index (χ4v) is 1.34.